The third kappa shape index (κ3) is 4.07. The van der Waals surface area contributed by atoms with E-state index in [0.717, 1.165) is 26.9 Å². The maximum atomic E-state index is 5.72. The van der Waals surface area contributed by atoms with Gasteiger partial charge in [-0.25, -0.2) is 0 Å². The predicted molar refractivity (Wildman–Crippen MR) is 83.5 cm³/mol. The molecule has 0 heterocycles. The van der Waals surface area contributed by atoms with Crippen LogP contribution in [0.2, 0.25) is 0 Å². The summed E-state index contributed by atoms with van der Waals surface area (Å²) in [5.41, 5.74) is 8.95. The SMILES string of the molecule is COc1ccc(COCc2ccc(Br)cc2)cc1CN. The van der Waals surface area contributed by atoms with Crippen LogP contribution in [0.5, 0.6) is 5.75 Å². The number of hydrogen-bond acceptors (Lipinski definition) is 3. The molecule has 2 aromatic rings. The van der Waals surface area contributed by atoms with E-state index in [0.29, 0.717) is 19.8 Å². The van der Waals surface area contributed by atoms with Crippen LogP contribution in [-0.4, -0.2) is 7.11 Å². The van der Waals surface area contributed by atoms with Crippen LogP contribution in [0.1, 0.15) is 16.7 Å². The predicted octanol–water partition coefficient (Wildman–Crippen LogP) is 3.63. The van der Waals surface area contributed by atoms with Crippen molar-refractivity contribution in [2.75, 3.05) is 7.11 Å². The molecule has 0 fully saturated rings. The van der Waals surface area contributed by atoms with Crippen LogP contribution in [0.15, 0.2) is 46.9 Å². The maximum Gasteiger partial charge on any atom is 0.123 e. The summed E-state index contributed by atoms with van der Waals surface area (Å²) in [4.78, 5) is 0. The van der Waals surface area contributed by atoms with E-state index in [-0.39, 0.29) is 0 Å². The van der Waals surface area contributed by atoms with E-state index in [1.54, 1.807) is 7.11 Å². The van der Waals surface area contributed by atoms with Gasteiger partial charge in [-0.05, 0) is 35.4 Å². The monoisotopic (exact) mass is 335 g/mol. The molecule has 4 heteroatoms. The van der Waals surface area contributed by atoms with E-state index in [1.165, 1.54) is 0 Å². The summed E-state index contributed by atoms with van der Waals surface area (Å²) in [6.45, 7) is 1.62. The van der Waals surface area contributed by atoms with Gasteiger partial charge in [0.15, 0.2) is 0 Å². The largest absolute Gasteiger partial charge is 0.496 e. The Morgan fingerprint density at radius 3 is 2.30 bits per heavy atom. The molecule has 0 saturated heterocycles. The van der Waals surface area contributed by atoms with E-state index >= 15 is 0 Å². The highest BCUT2D eigenvalue weighted by Crippen LogP contribution is 2.20. The Labute approximate surface area is 127 Å². The van der Waals surface area contributed by atoms with Gasteiger partial charge < -0.3 is 15.2 Å². The van der Waals surface area contributed by atoms with Crippen molar-refractivity contribution >= 4 is 15.9 Å². The molecular weight excluding hydrogens is 318 g/mol. The molecule has 0 aliphatic carbocycles. The molecule has 0 radical (unpaired) electrons. The van der Waals surface area contributed by atoms with Gasteiger partial charge >= 0.3 is 0 Å². The normalized spacial score (nSPS) is 10.6. The van der Waals surface area contributed by atoms with Crippen LogP contribution in [0.4, 0.5) is 0 Å². The molecule has 0 aliphatic rings. The second-order valence-electron chi connectivity index (χ2n) is 4.47. The van der Waals surface area contributed by atoms with Gasteiger partial charge in [0.05, 0.1) is 20.3 Å². The molecule has 0 aliphatic heterocycles. The lowest BCUT2D eigenvalue weighted by molar-refractivity contribution is 0.107. The molecular formula is C16H18BrNO2. The van der Waals surface area contributed by atoms with E-state index in [9.17, 15) is 0 Å². The average molecular weight is 336 g/mol. The Bertz CT molecular complexity index is 555. The molecule has 20 heavy (non-hydrogen) atoms. The molecule has 0 unspecified atom stereocenters. The second-order valence-corrected chi connectivity index (χ2v) is 5.39. The Kier molecular flexibility index (Phi) is 5.59. The lowest BCUT2D eigenvalue weighted by Gasteiger charge is -2.10. The van der Waals surface area contributed by atoms with Gasteiger partial charge in [0.2, 0.25) is 0 Å². The second kappa shape index (κ2) is 7.43. The zero-order valence-electron chi connectivity index (χ0n) is 11.4. The van der Waals surface area contributed by atoms with Gasteiger partial charge in [0.1, 0.15) is 5.75 Å². The Morgan fingerprint density at radius 1 is 1.00 bits per heavy atom. The third-order valence-corrected chi connectivity index (χ3v) is 3.54. The van der Waals surface area contributed by atoms with Gasteiger partial charge in [-0.15, -0.1) is 0 Å². The van der Waals surface area contributed by atoms with Gasteiger partial charge in [0, 0.05) is 16.6 Å². The zero-order valence-corrected chi connectivity index (χ0v) is 13.0. The first kappa shape index (κ1) is 15.0. The van der Waals surface area contributed by atoms with E-state index in [2.05, 4.69) is 15.9 Å². The van der Waals surface area contributed by atoms with Crippen molar-refractivity contribution in [1.29, 1.82) is 0 Å². The van der Waals surface area contributed by atoms with Crippen LogP contribution in [0.25, 0.3) is 0 Å². The first-order valence-electron chi connectivity index (χ1n) is 6.41. The lowest BCUT2D eigenvalue weighted by atomic mass is 10.1. The van der Waals surface area contributed by atoms with E-state index in [1.807, 2.05) is 42.5 Å². The minimum Gasteiger partial charge on any atom is -0.496 e. The summed E-state index contributed by atoms with van der Waals surface area (Å²) in [6.07, 6.45) is 0. The Balaban J connectivity index is 1.92. The summed E-state index contributed by atoms with van der Waals surface area (Å²) in [5.74, 6) is 0.823. The topological polar surface area (TPSA) is 44.5 Å². The highest BCUT2D eigenvalue weighted by atomic mass is 79.9. The van der Waals surface area contributed by atoms with Crippen molar-refractivity contribution in [3.8, 4) is 5.75 Å². The van der Waals surface area contributed by atoms with Crippen LogP contribution < -0.4 is 10.5 Å². The first-order chi connectivity index (χ1) is 9.72. The number of hydrogen-bond donors (Lipinski definition) is 1. The fourth-order valence-corrected chi connectivity index (χ4v) is 2.21. The fraction of sp³-hybridized carbons (Fsp3) is 0.250. The van der Waals surface area contributed by atoms with Gasteiger partial charge in [-0.3, -0.25) is 0 Å². The van der Waals surface area contributed by atoms with Crippen molar-refractivity contribution in [2.24, 2.45) is 5.73 Å². The summed E-state index contributed by atoms with van der Waals surface area (Å²) in [6, 6.07) is 14.1. The minimum absolute atomic E-state index is 0.462. The number of ether oxygens (including phenoxy) is 2. The van der Waals surface area contributed by atoms with Crippen LogP contribution >= 0.6 is 15.9 Å². The van der Waals surface area contributed by atoms with E-state index < -0.39 is 0 Å². The highest BCUT2D eigenvalue weighted by molar-refractivity contribution is 9.10. The molecule has 0 atom stereocenters. The molecule has 0 bridgehead atoms. The summed E-state index contributed by atoms with van der Waals surface area (Å²) in [7, 11) is 1.65. The van der Waals surface area contributed by atoms with Crippen LogP contribution in [0, 0.1) is 0 Å². The third-order valence-electron chi connectivity index (χ3n) is 3.02. The lowest BCUT2D eigenvalue weighted by Crippen LogP contribution is -2.02. The number of halogens is 1. The van der Waals surface area contributed by atoms with Gasteiger partial charge in [-0.2, -0.15) is 0 Å². The Hall–Kier alpha value is -1.36. The number of methoxy groups -OCH3 is 1. The fourth-order valence-electron chi connectivity index (χ4n) is 1.95. The number of rotatable bonds is 6. The smallest absolute Gasteiger partial charge is 0.123 e. The van der Waals surface area contributed by atoms with Crippen molar-refractivity contribution in [1.82, 2.24) is 0 Å². The molecule has 3 nitrogen and oxygen atoms in total. The minimum atomic E-state index is 0.462. The van der Waals surface area contributed by atoms with Crippen molar-refractivity contribution in [2.45, 2.75) is 19.8 Å². The van der Waals surface area contributed by atoms with Crippen molar-refractivity contribution < 1.29 is 9.47 Å². The van der Waals surface area contributed by atoms with Crippen molar-refractivity contribution in [3.05, 3.63) is 63.6 Å². The van der Waals surface area contributed by atoms with Crippen molar-refractivity contribution in [3.63, 3.8) is 0 Å². The molecule has 0 spiro atoms. The highest BCUT2D eigenvalue weighted by Gasteiger charge is 2.03. The molecule has 2 N–H and O–H groups in total. The zero-order chi connectivity index (χ0) is 14.4. The Morgan fingerprint density at radius 2 is 1.65 bits per heavy atom. The average Bonchev–Trinajstić information content (AvgIpc) is 2.49. The molecule has 2 rings (SSSR count). The summed E-state index contributed by atoms with van der Waals surface area (Å²) < 4.78 is 12.0. The molecule has 0 amide bonds. The molecule has 106 valence electrons. The molecule has 2 aromatic carbocycles. The summed E-state index contributed by atoms with van der Waals surface area (Å²) >= 11 is 3.42. The van der Waals surface area contributed by atoms with Crippen LogP contribution in [-0.2, 0) is 24.5 Å². The maximum absolute atomic E-state index is 5.72. The number of nitrogens with two attached hydrogens (primary N) is 1. The van der Waals surface area contributed by atoms with Gasteiger partial charge in [0.25, 0.3) is 0 Å². The first-order valence-corrected chi connectivity index (χ1v) is 7.20. The summed E-state index contributed by atoms with van der Waals surface area (Å²) in [5, 5.41) is 0. The molecule has 0 aromatic heterocycles. The molecule has 0 saturated carbocycles. The number of benzene rings is 2. The van der Waals surface area contributed by atoms with Crippen LogP contribution in [0.3, 0.4) is 0 Å². The quantitative estimate of drug-likeness (QED) is 0.876. The standard InChI is InChI=1S/C16H18BrNO2/c1-19-16-7-4-13(8-14(16)9-18)11-20-10-12-2-5-15(17)6-3-12/h2-8H,9-11,18H2,1H3. The van der Waals surface area contributed by atoms with Gasteiger partial charge in [-0.1, -0.05) is 34.1 Å². The van der Waals surface area contributed by atoms with E-state index in [4.69, 9.17) is 15.2 Å².